The van der Waals surface area contributed by atoms with Gasteiger partial charge in [0.1, 0.15) is 12.7 Å². The summed E-state index contributed by atoms with van der Waals surface area (Å²) in [6, 6.07) is 0. The van der Waals surface area contributed by atoms with Gasteiger partial charge in [-0.15, -0.1) is 0 Å². The van der Waals surface area contributed by atoms with E-state index in [4.69, 9.17) is 9.47 Å². The second-order valence-corrected chi connectivity index (χ2v) is 3.47. The van der Waals surface area contributed by atoms with Gasteiger partial charge < -0.3 is 14.4 Å². The third kappa shape index (κ3) is 3.79. The predicted octanol–water partition coefficient (Wildman–Crippen LogP) is 1.26. The van der Waals surface area contributed by atoms with Gasteiger partial charge in [-0.3, -0.25) is 0 Å². The van der Waals surface area contributed by atoms with Crippen LogP contribution in [0.15, 0.2) is 11.8 Å². The van der Waals surface area contributed by atoms with Crippen LogP contribution in [-0.4, -0.2) is 44.4 Å². The molecule has 76 valence electrons. The van der Waals surface area contributed by atoms with Crippen LogP contribution in [0.25, 0.3) is 0 Å². The van der Waals surface area contributed by atoms with Crippen LogP contribution in [0.1, 0.15) is 13.8 Å². The molecule has 3 nitrogen and oxygen atoms in total. The number of likely N-dealkylation sites (N-methyl/N-ethyl adjacent to an activating group) is 1. The van der Waals surface area contributed by atoms with Crippen molar-refractivity contribution in [2.45, 2.75) is 20.0 Å². The Labute approximate surface area is 80.3 Å². The fraction of sp³-hybridized carbons (Fsp3) is 0.800. The standard InChI is InChI=1S/C10H19NO2/c1-4-9(2)13-8-10-7-11(3)5-6-12-10/h4,10H,5-8H2,1-3H3/b9-4-/t10-/m0/s1. The van der Waals surface area contributed by atoms with E-state index in [1.54, 1.807) is 0 Å². The minimum Gasteiger partial charge on any atom is -0.496 e. The van der Waals surface area contributed by atoms with Crippen LogP contribution in [0.2, 0.25) is 0 Å². The van der Waals surface area contributed by atoms with Crippen molar-refractivity contribution in [1.29, 1.82) is 0 Å². The highest BCUT2D eigenvalue weighted by Crippen LogP contribution is 2.05. The van der Waals surface area contributed by atoms with Gasteiger partial charge in [0, 0.05) is 13.1 Å². The lowest BCUT2D eigenvalue weighted by atomic mass is 10.3. The molecule has 0 amide bonds. The largest absolute Gasteiger partial charge is 0.496 e. The molecule has 0 saturated carbocycles. The molecule has 1 aliphatic rings. The lowest BCUT2D eigenvalue weighted by Crippen LogP contribution is -2.42. The molecule has 0 aromatic rings. The maximum atomic E-state index is 5.55. The molecule has 0 aliphatic carbocycles. The Morgan fingerprint density at radius 2 is 2.46 bits per heavy atom. The average Bonchev–Trinajstić information content (AvgIpc) is 2.14. The molecule has 0 aromatic carbocycles. The van der Waals surface area contributed by atoms with Crippen molar-refractivity contribution >= 4 is 0 Å². The van der Waals surface area contributed by atoms with Crippen molar-refractivity contribution in [3.63, 3.8) is 0 Å². The first kappa shape index (κ1) is 10.5. The van der Waals surface area contributed by atoms with Crippen LogP contribution in [0.4, 0.5) is 0 Å². The topological polar surface area (TPSA) is 21.7 Å². The van der Waals surface area contributed by atoms with Gasteiger partial charge in [0.25, 0.3) is 0 Å². The Hall–Kier alpha value is -0.540. The number of allylic oxidation sites excluding steroid dienone is 2. The molecule has 0 aromatic heterocycles. The van der Waals surface area contributed by atoms with Crippen LogP contribution in [0, 0.1) is 0 Å². The molecule has 0 N–H and O–H groups in total. The maximum absolute atomic E-state index is 5.55. The first-order valence-corrected chi connectivity index (χ1v) is 4.78. The zero-order valence-corrected chi connectivity index (χ0v) is 8.75. The first-order valence-electron chi connectivity index (χ1n) is 4.78. The molecule has 13 heavy (non-hydrogen) atoms. The highest BCUT2D eigenvalue weighted by molar-refractivity contribution is 4.85. The van der Waals surface area contributed by atoms with Gasteiger partial charge >= 0.3 is 0 Å². The Morgan fingerprint density at radius 1 is 1.69 bits per heavy atom. The normalized spacial score (nSPS) is 26.1. The summed E-state index contributed by atoms with van der Waals surface area (Å²) in [4.78, 5) is 2.27. The van der Waals surface area contributed by atoms with E-state index >= 15 is 0 Å². The van der Waals surface area contributed by atoms with Crippen LogP contribution in [0.5, 0.6) is 0 Å². The lowest BCUT2D eigenvalue weighted by Gasteiger charge is -2.29. The van der Waals surface area contributed by atoms with E-state index in [0.29, 0.717) is 6.61 Å². The number of rotatable bonds is 3. The van der Waals surface area contributed by atoms with Gasteiger partial charge in [0.15, 0.2) is 0 Å². The number of morpholine rings is 1. The van der Waals surface area contributed by atoms with Crippen LogP contribution in [-0.2, 0) is 9.47 Å². The Morgan fingerprint density at radius 3 is 3.08 bits per heavy atom. The van der Waals surface area contributed by atoms with Gasteiger partial charge in [0.2, 0.25) is 0 Å². The summed E-state index contributed by atoms with van der Waals surface area (Å²) in [7, 11) is 2.11. The van der Waals surface area contributed by atoms with Crippen molar-refractivity contribution in [1.82, 2.24) is 4.90 Å². The van der Waals surface area contributed by atoms with Crippen molar-refractivity contribution in [3.05, 3.63) is 11.8 Å². The SMILES string of the molecule is C/C=C(/C)OC[C@@H]1CN(C)CCO1. The minimum atomic E-state index is 0.230. The third-order valence-electron chi connectivity index (χ3n) is 2.25. The fourth-order valence-electron chi connectivity index (χ4n) is 1.28. The van der Waals surface area contributed by atoms with Gasteiger partial charge in [-0.1, -0.05) is 6.08 Å². The summed E-state index contributed by atoms with van der Waals surface area (Å²) in [5.41, 5.74) is 0. The van der Waals surface area contributed by atoms with Gasteiger partial charge in [-0.25, -0.2) is 0 Å². The number of hydrogen-bond acceptors (Lipinski definition) is 3. The van der Waals surface area contributed by atoms with E-state index in [2.05, 4.69) is 11.9 Å². The van der Waals surface area contributed by atoms with Gasteiger partial charge in [-0.05, 0) is 20.9 Å². The highest BCUT2D eigenvalue weighted by atomic mass is 16.5. The molecular weight excluding hydrogens is 166 g/mol. The minimum absolute atomic E-state index is 0.230. The van der Waals surface area contributed by atoms with Gasteiger partial charge in [-0.2, -0.15) is 0 Å². The fourth-order valence-corrected chi connectivity index (χ4v) is 1.28. The van der Waals surface area contributed by atoms with E-state index in [-0.39, 0.29) is 6.10 Å². The molecule has 1 saturated heterocycles. The number of ether oxygens (including phenoxy) is 2. The van der Waals surface area contributed by atoms with Crippen molar-refractivity contribution in [2.24, 2.45) is 0 Å². The van der Waals surface area contributed by atoms with E-state index < -0.39 is 0 Å². The molecule has 1 rings (SSSR count). The summed E-state index contributed by atoms with van der Waals surface area (Å²) in [6.07, 6.45) is 2.20. The zero-order chi connectivity index (χ0) is 9.68. The lowest BCUT2D eigenvalue weighted by molar-refractivity contribution is -0.0516. The summed E-state index contributed by atoms with van der Waals surface area (Å²) < 4.78 is 11.0. The smallest absolute Gasteiger partial charge is 0.115 e. The number of nitrogens with zero attached hydrogens (tertiary/aromatic N) is 1. The summed E-state index contributed by atoms with van der Waals surface area (Å²) in [5, 5.41) is 0. The molecule has 0 spiro atoms. The molecule has 0 radical (unpaired) electrons. The highest BCUT2D eigenvalue weighted by Gasteiger charge is 2.17. The van der Waals surface area contributed by atoms with E-state index in [1.807, 2.05) is 19.9 Å². The summed E-state index contributed by atoms with van der Waals surface area (Å²) in [6.45, 7) is 7.42. The molecule has 0 bridgehead atoms. The van der Waals surface area contributed by atoms with Gasteiger partial charge in [0.05, 0.1) is 12.4 Å². The summed E-state index contributed by atoms with van der Waals surface area (Å²) >= 11 is 0. The second kappa shape index (κ2) is 5.25. The van der Waals surface area contributed by atoms with E-state index in [9.17, 15) is 0 Å². The Bertz CT molecular complexity index is 180. The Balaban J connectivity index is 2.20. The van der Waals surface area contributed by atoms with Crippen molar-refractivity contribution in [3.8, 4) is 0 Å². The molecule has 0 unspecified atom stereocenters. The van der Waals surface area contributed by atoms with Crippen LogP contribution >= 0.6 is 0 Å². The summed E-state index contributed by atoms with van der Waals surface area (Å²) in [5.74, 6) is 0.969. The van der Waals surface area contributed by atoms with Crippen LogP contribution < -0.4 is 0 Å². The monoisotopic (exact) mass is 185 g/mol. The van der Waals surface area contributed by atoms with Crippen LogP contribution in [0.3, 0.4) is 0 Å². The number of hydrogen-bond donors (Lipinski definition) is 0. The van der Waals surface area contributed by atoms with E-state index in [1.165, 1.54) is 0 Å². The quantitative estimate of drug-likeness (QED) is 0.618. The molecule has 1 atom stereocenters. The molecule has 1 aliphatic heterocycles. The van der Waals surface area contributed by atoms with E-state index in [0.717, 1.165) is 25.5 Å². The molecule has 1 fully saturated rings. The van der Waals surface area contributed by atoms with Crippen molar-refractivity contribution < 1.29 is 9.47 Å². The molecule has 3 heteroatoms. The predicted molar refractivity (Wildman–Crippen MR) is 52.6 cm³/mol. The first-order chi connectivity index (χ1) is 6.22. The third-order valence-corrected chi connectivity index (χ3v) is 2.25. The maximum Gasteiger partial charge on any atom is 0.115 e. The molecule has 1 heterocycles. The average molecular weight is 185 g/mol. The van der Waals surface area contributed by atoms with Crippen molar-refractivity contribution in [2.75, 3.05) is 33.4 Å². The Kier molecular flexibility index (Phi) is 4.25. The molecular formula is C10H19NO2. The zero-order valence-electron chi connectivity index (χ0n) is 8.75. The second-order valence-electron chi connectivity index (χ2n) is 3.47.